The van der Waals surface area contributed by atoms with Crippen molar-refractivity contribution in [3.8, 4) is 0 Å². The van der Waals surface area contributed by atoms with Gasteiger partial charge in [0.25, 0.3) is 0 Å². The Labute approximate surface area is 123 Å². The first-order valence-electron chi connectivity index (χ1n) is 7.08. The number of aromatic amines is 1. The van der Waals surface area contributed by atoms with Crippen LogP contribution >= 0.6 is 0 Å². The minimum Gasteiger partial charge on any atom is -0.453 e. The number of nitrogens with one attached hydrogen (secondary N) is 3. The molecule has 1 aromatic heterocycles. The van der Waals surface area contributed by atoms with Gasteiger partial charge in [0.1, 0.15) is 11.9 Å². The number of amides is 2. The summed E-state index contributed by atoms with van der Waals surface area (Å²) in [7, 11) is 1.28. The molecule has 0 unspecified atom stereocenters. The molecule has 2 rings (SSSR count). The molecule has 3 atom stereocenters. The van der Waals surface area contributed by atoms with Crippen molar-refractivity contribution < 1.29 is 14.3 Å². The predicted octanol–water partition coefficient (Wildman–Crippen LogP) is 1.07. The monoisotopic (exact) mass is 294 g/mol. The van der Waals surface area contributed by atoms with Gasteiger partial charge >= 0.3 is 6.09 Å². The minimum atomic E-state index is -0.600. The SMILES string of the molecule is COC(=O)N[C@H](C(=O)N[C@@H]1C[C@H]1c1ncc(C)[nH]1)C(C)C. The number of hydrogen-bond acceptors (Lipinski definition) is 4. The fourth-order valence-electron chi connectivity index (χ4n) is 2.27. The van der Waals surface area contributed by atoms with Crippen LogP contribution in [0.3, 0.4) is 0 Å². The van der Waals surface area contributed by atoms with Crippen LogP contribution in [-0.4, -0.2) is 41.2 Å². The largest absolute Gasteiger partial charge is 0.453 e. The zero-order valence-electron chi connectivity index (χ0n) is 12.8. The van der Waals surface area contributed by atoms with Crippen LogP contribution in [0.4, 0.5) is 4.79 Å². The number of alkyl carbamates (subject to hydrolysis) is 1. The van der Waals surface area contributed by atoms with Crippen molar-refractivity contribution >= 4 is 12.0 Å². The Kier molecular flexibility index (Phi) is 4.50. The molecule has 0 spiro atoms. The summed E-state index contributed by atoms with van der Waals surface area (Å²) in [6.45, 7) is 5.70. The number of H-pyrrole nitrogens is 1. The van der Waals surface area contributed by atoms with Gasteiger partial charge in [-0.15, -0.1) is 0 Å². The second-order valence-electron chi connectivity index (χ2n) is 5.77. The van der Waals surface area contributed by atoms with Crippen LogP contribution in [0.15, 0.2) is 6.20 Å². The third-order valence-corrected chi connectivity index (χ3v) is 3.60. The Bertz CT molecular complexity index is 526. The molecular formula is C14H22N4O3. The van der Waals surface area contributed by atoms with Crippen molar-refractivity contribution in [1.82, 2.24) is 20.6 Å². The van der Waals surface area contributed by atoms with E-state index in [0.29, 0.717) is 0 Å². The highest BCUT2D eigenvalue weighted by atomic mass is 16.5. The zero-order chi connectivity index (χ0) is 15.6. The Balaban J connectivity index is 1.90. The van der Waals surface area contributed by atoms with Crippen molar-refractivity contribution in [2.45, 2.75) is 45.2 Å². The number of ether oxygens (including phenoxy) is 1. The van der Waals surface area contributed by atoms with Crippen LogP contribution in [-0.2, 0) is 9.53 Å². The van der Waals surface area contributed by atoms with E-state index >= 15 is 0 Å². The van der Waals surface area contributed by atoms with Gasteiger partial charge in [-0.25, -0.2) is 9.78 Å². The smallest absolute Gasteiger partial charge is 0.407 e. The van der Waals surface area contributed by atoms with Gasteiger partial charge in [-0.05, 0) is 19.3 Å². The lowest BCUT2D eigenvalue weighted by atomic mass is 10.0. The molecule has 1 heterocycles. The van der Waals surface area contributed by atoms with Gasteiger partial charge in [0, 0.05) is 23.9 Å². The number of hydrogen-bond donors (Lipinski definition) is 3. The van der Waals surface area contributed by atoms with Crippen LogP contribution in [0.25, 0.3) is 0 Å². The van der Waals surface area contributed by atoms with Crippen LogP contribution in [0, 0.1) is 12.8 Å². The summed E-state index contributed by atoms with van der Waals surface area (Å²) in [5.41, 5.74) is 1.01. The van der Waals surface area contributed by atoms with E-state index in [4.69, 9.17) is 0 Å². The topological polar surface area (TPSA) is 96.1 Å². The molecule has 1 saturated carbocycles. The molecule has 0 bridgehead atoms. The molecule has 7 heteroatoms. The van der Waals surface area contributed by atoms with E-state index in [1.807, 2.05) is 20.8 Å². The lowest BCUT2D eigenvalue weighted by Crippen LogP contribution is -2.50. The number of rotatable bonds is 5. The Morgan fingerprint density at radius 1 is 1.48 bits per heavy atom. The molecule has 21 heavy (non-hydrogen) atoms. The number of carbonyl (C=O) groups excluding carboxylic acids is 2. The maximum absolute atomic E-state index is 12.3. The lowest BCUT2D eigenvalue weighted by molar-refractivity contribution is -0.124. The first-order valence-corrected chi connectivity index (χ1v) is 7.08. The Morgan fingerprint density at radius 3 is 2.71 bits per heavy atom. The molecule has 7 nitrogen and oxygen atoms in total. The fourth-order valence-corrected chi connectivity index (χ4v) is 2.27. The number of aromatic nitrogens is 2. The highest BCUT2D eigenvalue weighted by Crippen LogP contribution is 2.39. The third-order valence-electron chi connectivity index (χ3n) is 3.60. The van der Waals surface area contributed by atoms with Crippen LogP contribution in [0.1, 0.15) is 37.7 Å². The molecule has 0 aliphatic heterocycles. The summed E-state index contributed by atoms with van der Waals surface area (Å²) in [4.78, 5) is 31.0. The van der Waals surface area contributed by atoms with Gasteiger partial charge < -0.3 is 20.4 Å². The fraction of sp³-hybridized carbons (Fsp3) is 0.643. The third kappa shape index (κ3) is 3.74. The molecular weight excluding hydrogens is 272 g/mol. The second kappa shape index (κ2) is 6.15. The molecule has 3 N–H and O–H groups in total. The minimum absolute atomic E-state index is 0.0212. The summed E-state index contributed by atoms with van der Waals surface area (Å²) in [5, 5.41) is 5.51. The molecule has 2 amide bonds. The van der Waals surface area contributed by atoms with Gasteiger partial charge in [0.05, 0.1) is 7.11 Å². The van der Waals surface area contributed by atoms with Gasteiger partial charge in [-0.1, -0.05) is 13.8 Å². The summed E-state index contributed by atoms with van der Waals surface area (Å²) >= 11 is 0. The molecule has 116 valence electrons. The number of carbonyl (C=O) groups is 2. The standard InChI is InChI=1S/C14H22N4O3/c1-7(2)11(18-14(20)21-4)13(19)17-10-5-9(10)12-15-6-8(3)16-12/h6-7,9-11H,5H2,1-4H3,(H,15,16)(H,17,19)(H,18,20)/t9-,10-,11+/m1/s1. The van der Waals surface area contributed by atoms with Crippen molar-refractivity contribution in [3.05, 3.63) is 17.7 Å². The van der Waals surface area contributed by atoms with E-state index in [2.05, 4.69) is 25.3 Å². The summed E-state index contributed by atoms with van der Waals surface area (Å²) in [6, 6.07) is -0.527. The second-order valence-corrected chi connectivity index (χ2v) is 5.77. The number of aryl methyl sites for hydroxylation is 1. The molecule has 0 saturated heterocycles. The van der Waals surface area contributed by atoms with Gasteiger partial charge in [-0.2, -0.15) is 0 Å². The molecule has 1 aromatic rings. The maximum Gasteiger partial charge on any atom is 0.407 e. The average Bonchev–Trinajstić information content (AvgIpc) is 3.05. The van der Waals surface area contributed by atoms with E-state index in [0.717, 1.165) is 17.9 Å². The number of imidazole rings is 1. The van der Waals surface area contributed by atoms with Gasteiger partial charge in [-0.3, -0.25) is 4.79 Å². The van der Waals surface area contributed by atoms with Crippen molar-refractivity contribution in [1.29, 1.82) is 0 Å². The quantitative estimate of drug-likeness (QED) is 0.757. The normalized spacial score (nSPS) is 21.8. The molecule has 1 fully saturated rings. The van der Waals surface area contributed by atoms with Gasteiger partial charge in [0.2, 0.25) is 5.91 Å². The molecule has 1 aliphatic carbocycles. The van der Waals surface area contributed by atoms with E-state index < -0.39 is 12.1 Å². The maximum atomic E-state index is 12.3. The van der Waals surface area contributed by atoms with Crippen molar-refractivity contribution in [2.75, 3.05) is 7.11 Å². The van der Waals surface area contributed by atoms with Crippen LogP contribution in [0.5, 0.6) is 0 Å². The average molecular weight is 294 g/mol. The van der Waals surface area contributed by atoms with Crippen molar-refractivity contribution in [2.24, 2.45) is 5.92 Å². The highest BCUT2D eigenvalue weighted by Gasteiger charge is 2.42. The molecule has 1 aliphatic rings. The van der Waals surface area contributed by atoms with Crippen LogP contribution < -0.4 is 10.6 Å². The zero-order valence-corrected chi connectivity index (χ0v) is 12.8. The number of methoxy groups -OCH3 is 1. The Morgan fingerprint density at radius 2 is 2.19 bits per heavy atom. The molecule has 0 radical (unpaired) electrons. The van der Waals surface area contributed by atoms with Crippen molar-refractivity contribution in [3.63, 3.8) is 0 Å². The summed E-state index contributed by atoms with van der Waals surface area (Å²) < 4.78 is 4.55. The summed E-state index contributed by atoms with van der Waals surface area (Å²) in [5.74, 6) is 0.923. The Hall–Kier alpha value is -2.05. The molecule has 0 aromatic carbocycles. The first kappa shape index (κ1) is 15.3. The first-order chi connectivity index (χ1) is 9.92. The predicted molar refractivity (Wildman–Crippen MR) is 76.8 cm³/mol. The van der Waals surface area contributed by atoms with E-state index in [1.54, 1.807) is 6.20 Å². The van der Waals surface area contributed by atoms with E-state index in [-0.39, 0.29) is 23.8 Å². The van der Waals surface area contributed by atoms with Crippen LogP contribution in [0.2, 0.25) is 0 Å². The lowest BCUT2D eigenvalue weighted by Gasteiger charge is -2.20. The van der Waals surface area contributed by atoms with E-state index in [1.165, 1.54) is 7.11 Å². The summed E-state index contributed by atoms with van der Waals surface area (Å²) in [6.07, 6.45) is 2.04. The number of nitrogens with zero attached hydrogens (tertiary/aromatic N) is 1. The van der Waals surface area contributed by atoms with Gasteiger partial charge in [0.15, 0.2) is 0 Å². The van der Waals surface area contributed by atoms with E-state index in [9.17, 15) is 9.59 Å². The highest BCUT2D eigenvalue weighted by molar-refractivity contribution is 5.86.